The fraction of sp³-hybridized carbons (Fsp3) is 0.217. The van der Waals surface area contributed by atoms with Gasteiger partial charge in [0.15, 0.2) is 0 Å². The van der Waals surface area contributed by atoms with Crippen LogP contribution in [0.1, 0.15) is 26.3 Å². The van der Waals surface area contributed by atoms with Gasteiger partial charge in [-0.2, -0.15) is 0 Å². The molecule has 0 bridgehead atoms. The zero-order chi connectivity index (χ0) is 20.0. The van der Waals surface area contributed by atoms with Crippen LogP contribution in [0.25, 0.3) is 0 Å². The molecule has 1 amide bonds. The SMILES string of the molecule is CC(C)(C)OC(=O)Nc1ccc(N(Cc2ccccc2)c2ccncc2)cc1. The minimum Gasteiger partial charge on any atom is -0.444 e. The Kier molecular flexibility index (Phi) is 5.94. The summed E-state index contributed by atoms with van der Waals surface area (Å²) < 4.78 is 5.30. The first kappa shape index (κ1) is 19.4. The Morgan fingerprint density at radius 3 is 2.14 bits per heavy atom. The fourth-order valence-corrected chi connectivity index (χ4v) is 2.77. The number of nitrogens with one attached hydrogen (secondary N) is 1. The molecule has 0 unspecified atom stereocenters. The summed E-state index contributed by atoms with van der Waals surface area (Å²) in [6, 6.07) is 22.0. The van der Waals surface area contributed by atoms with Crippen molar-refractivity contribution in [2.24, 2.45) is 0 Å². The second-order valence-electron chi connectivity index (χ2n) is 7.45. The van der Waals surface area contributed by atoms with Crippen molar-refractivity contribution in [3.05, 3.63) is 84.7 Å². The number of amides is 1. The topological polar surface area (TPSA) is 54.5 Å². The third-order valence-electron chi connectivity index (χ3n) is 3.98. The average molecular weight is 375 g/mol. The van der Waals surface area contributed by atoms with E-state index in [1.807, 2.05) is 75.4 Å². The van der Waals surface area contributed by atoms with E-state index in [9.17, 15) is 4.79 Å². The van der Waals surface area contributed by atoms with Crippen molar-refractivity contribution >= 4 is 23.2 Å². The van der Waals surface area contributed by atoms with Crippen LogP contribution in [0.3, 0.4) is 0 Å². The van der Waals surface area contributed by atoms with E-state index in [0.29, 0.717) is 5.69 Å². The number of carbonyl (C=O) groups excluding carboxylic acids is 1. The van der Waals surface area contributed by atoms with Crippen LogP contribution in [0.4, 0.5) is 21.9 Å². The normalized spacial score (nSPS) is 11.0. The van der Waals surface area contributed by atoms with Gasteiger partial charge in [-0.05, 0) is 62.7 Å². The molecule has 0 aliphatic carbocycles. The molecule has 0 saturated carbocycles. The van der Waals surface area contributed by atoms with Crippen molar-refractivity contribution in [3.63, 3.8) is 0 Å². The van der Waals surface area contributed by atoms with Gasteiger partial charge in [0.2, 0.25) is 0 Å². The van der Waals surface area contributed by atoms with Gasteiger partial charge in [0.25, 0.3) is 0 Å². The van der Waals surface area contributed by atoms with E-state index in [1.165, 1.54) is 5.56 Å². The van der Waals surface area contributed by atoms with Gasteiger partial charge in [0, 0.05) is 36.0 Å². The molecule has 0 spiro atoms. The van der Waals surface area contributed by atoms with E-state index in [-0.39, 0.29) is 0 Å². The minimum atomic E-state index is -0.530. The predicted molar refractivity (Wildman–Crippen MR) is 113 cm³/mol. The number of rotatable bonds is 5. The van der Waals surface area contributed by atoms with Crippen molar-refractivity contribution in [2.75, 3.05) is 10.2 Å². The molecule has 0 radical (unpaired) electrons. The van der Waals surface area contributed by atoms with Gasteiger partial charge < -0.3 is 9.64 Å². The monoisotopic (exact) mass is 375 g/mol. The van der Waals surface area contributed by atoms with Crippen LogP contribution in [0.2, 0.25) is 0 Å². The van der Waals surface area contributed by atoms with E-state index < -0.39 is 11.7 Å². The van der Waals surface area contributed by atoms with E-state index in [4.69, 9.17) is 4.74 Å². The summed E-state index contributed by atoms with van der Waals surface area (Å²) in [5, 5.41) is 2.76. The molecule has 0 aliphatic heterocycles. The Morgan fingerprint density at radius 1 is 0.929 bits per heavy atom. The van der Waals surface area contributed by atoms with E-state index >= 15 is 0 Å². The Hall–Kier alpha value is -3.34. The third kappa shape index (κ3) is 5.58. The van der Waals surface area contributed by atoms with E-state index in [0.717, 1.165) is 17.9 Å². The standard InChI is InChI=1S/C23H25N3O2/c1-23(2,3)28-22(27)25-19-9-11-20(12-10-19)26(21-13-15-24-16-14-21)17-18-7-5-4-6-8-18/h4-16H,17H2,1-3H3,(H,25,27). The zero-order valence-corrected chi connectivity index (χ0v) is 16.4. The molecular weight excluding hydrogens is 350 g/mol. The number of aromatic nitrogens is 1. The number of benzene rings is 2. The summed E-state index contributed by atoms with van der Waals surface area (Å²) in [4.78, 5) is 18.3. The maximum absolute atomic E-state index is 12.0. The van der Waals surface area contributed by atoms with Crippen LogP contribution in [-0.2, 0) is 11.3 Å². The Bertz CT molecular complexity index is 889. The molecule has 0 fully saturated rings. The van der Waals surface area contributed by atoms with Crippen molar-refractivity contribution in [2.45, 2.75) is 32.9 Å². The lowest BCUT2D eigenvalue weighted by Gasteiger charge is -2.25. The molecule has 2 aromatic carbocycles. The van der Waals surface area contributed by atoms with Crippen LogP contribution in [-0.4, -0.2) is 16.7 Å². The highest BCUT2D eigenvalue weighted by molar-refractivity contribution is 5.85. The molecule has 5 nitrogen and oxygen atoms in total. The first-order valence-corrected chi connectivity index (χ1v) is 9.22. The largest absolute Gasteiger partial charge is 0.444 e. The smallest absolute Gasteiger partial charge is 0.412 e. The molecule has 5 heteroatoms. The highest BCUT2D eigenvalue weighted by atomic mass is 16.6. The predicted octanol–water partition coefficient (Wildman–Crippen LogP) is 5.77. The fourth-order valence-electron chi connectivity index (χ4n) is 2.77. The molecule has 1 heterocycles. The molecule has 144 valence electrons. The van der Waals surface area contributed by atoms with Gasteiger partial charge >= 0.3 is 6.09 Å². The second-order valence-corrected chi connectivity index (χ2v) is 7.45. The van der Waals surface area contributed by atoms with Gasteiger partial charge in [0.1, 0.15) is 5.60 Å². The van der Waals surface area contributed by atoms with Crippen LogP contribution in [0.15, 0.2) is 79.1 Å². The van der Waals surface area contributed by atoms with Crippen LogP contribution >= 0.6 is 0 Å². The summed E-state index contributed by atoms with van der Waals surface area (Å²) in [5.74, 6) is 0. The van der Waals surface area contributed by atoms with Gasteiger partial charge in [0.05, 0.1) is 0 Å². The van der Waals surface area contributed by atoms with Crippen LogP contribution in [0.5, 0.6) is 0 Å². The Balaban J connectivity index is 1.80. The molecule has 1 aromatic heterocycles. The van der Waals surface area contributed by atoms with Gasteiger partial charge in [-0.1, -0.05) is 30.3 Å². The lowest BCUT2D eigenvalue weighted by atomic mass is 10.1. The second kappa shape index (κ2) is 8.57. The molecule has 0 saturated heterocycles. The zero-order valence-electron chi connectivity index (χ0n) is 16.4. The quantitative estimate of drug-likeness (QED) is 0.615. The third-order valence-corrected chi connectivity index (χ3v) is 3.98. The maximum atomic E-state index is 12.0. The molecular formula is C23H25N3O2. The Labute approximate surface area is 166 Å². The molecule has 3 rings (SSSR count). The van der Waals surface area contributed by atoms with Crippen molar-refractivity contribution in [1.82, 2.24) is 4.98 Å². The number of ether oxygens (including phenoxy) is 1. The number of nitrogens with zero attached hydrogens (tertiary/aromatic N) is 2. The molecule has 3 aromatic rings. The van der Waals surface area contributed by atoms with E-state index in [2.05, 4.69) is 27.3 Å². The average Bonchev–Trinajstić information content (AvgIpc) is 2.67. The molecule has 0 atom stereocenters. The summed E-state index contributed by atoms with van der Waals surface area (Å²) in [6.45, 7) is 6.24. The minimum absolute atomic E-state index is 0.462. The highest BCUT2D eigenvalue weighted by Crippen LogP contribution is 2.28. The first-order valence-electron chi connectivity index (χ1n) is 9.22. The maximum Gasteiger partial charge on any atom is 0.412 e. The van der Waals surface area contributed by atoms with Crippen molar-refractivity contribution < 1.29 is 9.53 Å². The number of carbonyl (C=O) groups is 1. The number of hydrogen-bond acceptors (Lipinski definition) is 4. The van der Waals surface area contributed by atoms with Crippen molar-refractivity contribution in [1.29, 1.82) is 0 Å². The number of anilines is 3. The summed E-state index contributed by atoms with van der Waals surface area (Å²) in [5.41, 5.74) is 3.43. The van der Waals surface area contributed by atoms with Gasteiger partial charge in [-0.25, -0.2) is 4.79 Å². The molecule has 1 N–H and O–H groups in total. The number of hydrogen-bond donors (Lipinski definition) is 1. The van der Waals surface area contributed by atoms with Gasteiger partial charge in [-0.3, -0.25) is 10.3 Å². The highest BCUT2D eigenvalue weighted by Gasteiger charge is 2.16. The lowest BCUT2D eigenvalue weighted by molar-refractivity contribution is 0.0636. The number of pyridine rings is 1. The van der Waals surface area contributed by atoms with Crippen LogP contribution < -0.4 is 10.2 Å². The van der Waals surface area contributed by atoms with E-state index in [1.54, 1.807) is 12.4 Å². The first-order chi connectivity index (χ1) is 13.4. The van der Waals surface area contributed by atoms with Gasteiger partial charge in [-0.15, -0.1) is 0 Å². The summed E-state index contributed by atoms with van der Waals surface area (Å²) in [6.07, 6.45) is 3.10. The summed E-state index contributed by atoms with van der Waals surface area (Å²) in [7, 11) is 0. The summed E-state index contributed by atoms with van der Waals surface area (Å²) >= 11 is 0. The molecule has 28 heavy (non-hydrogen) atoms. The molecule has 0 aliphatic rings. The van der Waals surface area contributed by atoms with Crippen LogP contribution in [0, 0.1) is 0 Å². The lowest BCUT2D eigenvalue weighted by Crippen LogP contribution is -2.27. The van der Waals surface area contributed by atoms with Crippen molar-refractivity contribution in [3.8, 4) is 0 Å². The Morgan fingerprint density at radius 2 is 1.54 bits per heavy atom.